The minimum Gasteiger partial charge on any atom is -0.465 e. The van der Waals surface area contributed by atoms with Gasteiger partial charge in [-0.3, -0.25) is 15.4 Å². The van der Waals surface area contributed by atoms with Gasteiger partial charge in [-0.2, -0.15) is 0 Å². The Kier molecular flexibility index (Phi) is 5.16. The SMILES string of the molecule is CN1CCCCC1CNc1ccc(NC(=O)O)cc1[N+](=O)[O-]. The normalized spacial score (nSPS) is 18.7. The van der Waals surface area contributed by atoms with Crippen molar-refractivity contribution < 1.29 is 14.8 Å². The second-order valence-electron chi connectivity index (χ2n) is 5.43. The zero-order valence-electron chi connectivity index (χ0n) is 12.4. The predicted molar refractivity (Wildman–Crippen MR) is 83.5 cm³/mol. The molecule has 1 aromatic rings. The monoisotopic (exact) mass is 308 g/mol. The third-order valence-corrected chi connectivity index (χ3v) is 3.90. The highest BCUT2D eigenvalue weighted by atomic mass is 16.6. The van der Waals surface area contributed by atoms with Crippen molar-refractivity contribution in [3.05, 3.63) is 28.3 Å². The van der Waals surface area contributed by atoms with E-state index >= 15 is 0 Å². The third-order valence-electron chi connectivity index (χ3n) is 3.90. The number of piperidine rings is 1. The molecule has 1 aromatic carbocycles. The lowest BCUT2D eigenvalue weighted by molar-refractivity contribution is -0.383. The van der Waals surface area contributed by atoms with Crippen molar-refractivity contribution in [2.75, 3.05) is 30.8 Å². The molecule has 2 rings (SSSR count). The van der Waals surface area contributed by atoms with Crippen molar-refractivity contribution >= 4 is 23.2 Å². The Morgan fingerprint density at radius 1 is 1.50 bits per heavy atom. The fraction of sp³-hybridized carbons (Fsp3) is 0.500. The number of nitro groups is 1. The first-order valence-electron chi connectivity index (χ1n) is 7.20. The van der Waals surface area contributed by atoms with Crippen molar-refractivity contribution in [1.29, 1.82) is 0 Å². The van der Waals surface area contributed by atoms with Crippen LogP contribution in [0.2, 0.25) is 0 Å². The highest BCUT2D eigenvalue weighted by molar-refractivity contribution is 5.84. The maximum absolute atomic E-state index is 11.2. The van der Waals surface area contributed by atoms with Gasteiger partial charge in [-0.05, 0) is 38.6 Å². The fourth-order valence-corrected chi connectivity index (χ4v) is 2.66. The van der Waals surface area contributed by atoms with E-state index in [0.29, 0.717) is 18.3 Å². The van der Waals surface area contributed by atoms with Crippen LogP contribution in [0.25, 0.3) is 0 Å². The number of hydrogen-bond acceptors (Lipinski definition) is 5. The second-order valence-corrected chi connectivity index (χ2v) is 5.43. The average Bonchev–Trinajstić information content (AvgIpc) is 2.46. The highest BCUT2D eigenvalue weighted by Gasteiger charge is 2.21. The number of rotatable bonds is 5. The van der Waals surface area contributed by atoms with E-state index in [9.17, 15) is 14.9 Å². The molecule has 8 nitrogen and oxygen atoms in total. The van der Waals surface area contributed by atoms with Gasteiger partial charge in [0.15, 0.2) is 0 Å². The van der Waals surface area contributed by atoms with Crippen molar-refractivity contribution in [1.82, 2.24) is 4.90 Å². The summed E-state index contributed by atoms with van der Waals surface area (Å²) in [6.07, 6.45) is 2.16. The van der Waals surface area contributed by atoms with Gasteiger partial charge in [-0.15, -0.1) is 0 Å². The van der Waals surface area contributed by atoms with Crippen LogP contribution >= 0.6 is 0 Å². The fourth-order valence-electron chi connectivity index (χ4n) is 2.66. The first-order valence-corrected chi connectivity index (χ1v) is 7.20. The Bertz CT molecular complexity index is 564. The summed E-state index contributed by atoms with van der Waals surface area (Å²) in [5.41, 5.74) is 0.448. The van der Waals surface area contributed by atoms with Crippen molar-refractivity contribution in [3.8, 4) is 0 Å². The molecule has 0 bridgehead atoms. The lowest BCUT2D eigenvalue weighted by Crippen LogP contribution is -2.40. The van der Waals surface area contributed by atoms with E-state index < -0.39 is 11.0 Å². The van der Waals surface area contributed by atoms with Crippen LogP contribution in [-0.2, 0) is 0 Å². The van der Waals surface area contributed by atoms with E-state index in [1.54, 1.807) is 0 Å². The number of nitrogens with one attached hydrogen (secondary N) is 2. The van der Waals surface area contributed by atoms with Gasteiger partial charge in [0.1, 0.15) is 5.69 Å². The average molecular weight is 308 g/mol. The maximum Gasteiger partial charge on any atom is 0.409 e. The Morgan fingerprint density at radius 3 is 2.91 bits per heavy atom. The summed E-state index contributed by atoms with van der Waals surface area (Å²) in [5, 5.41) is 25.1. The van der Waals surface area contributed by atoms with Gasteiger partial charge in [-0.25, -0.2) is 4.79 Å². The maximum atomic E-state index is 11.2. The summed E-state index contributed by atoms with van der Waals surface area (Å²) < 4.78 is 0. The number of nitro benzene ring substituents is 1. The van der Waals surface area contributed by atoms with E-state index in [2.05, 4.69) is 22.6 Å². The van der Waals surface area contributed by atoms with Crippen LogP contribution < -0.4 is 10.6 Å². The molecule has 1 atom stereocenters. The molecule has 0 aromatic heterocycles. The molecule has 1 fully saturated rings. The molecule has 120 valence electrons. The molecule has 1 amide bonds. The number of anilines is 2. The Balaban J connectivity index is 2.09. The minimum absolute atomic E-state index is 0.135. The summed E-state index contributed by atoms with van der Waals surface area (Å²) in [5.74, 6) is 0. The highest BCUT2D eigenvalue weighted by Crippen LogP contribution is 2.28. The van der Waals surface area contributed by atoms with Crippen molar-refractivity contribution in [3.63, 3.8) is 0 Å². The molecule has 0 saturated carbocycles. The molecule has 0 spiro atoms. The molecule has 1 aliphatic heterocycles. The molecular weight excluding hydrogens is 288 g/mol. The van der Waals surface area contributed by atoms with Gasteiger partial charge < -0.3 is 15.3 Å². The smallest absolute Gasteiger partial charge is 0.409 e. The van der Waals surface area contributed by atoms with Gasteiger partial charge in [0, 0.05) is 18.7 Å². The number of hydrogen-bond donors (Lipinski definition) is 3. The lowest BCUT2D eigenvalue weighted by Gasteiger charge is -2.32. The molecule has 3 N–H and O–H groups in total. The Labute approximate surface area is 128 Å². The van der Waals surface area contributed by atoms with E-state index in [1.165, 1.54) is 31.0 Å². The standard InChI is InChI=1S/C14H20N4O4/c1-17-7-3-2-4-11(17)9-15-12-6-5-10(16-14(19)20)8-13(12)18(21)22/h5-6,8,11,15-16H,2-4,7,9H2,1H3,(H,19,20). The largest absolute Gasteiger partial charge is 0.465 e. The molecule has 1 aliphatic rings. The number of carboxylic acid groups (broad SMARTS) is 1. The van der Waals surface area contributed by atoms with Crippen LogP contribution in [0.15, 0.2) is 18.2 Å². The minimum atomic E-state index is -1.25. The molecule has 22 heavy (non-hydrogen) atoms. The summed E-state index contributed by atoms with van der Waals surface area (Å²) in [7, 11) is 2.06. The molecule has 0 radical (unpaired) electrons. The van der Waals surface area contributed by atoms with Gasteiger partial charge >= 0.3 is 6.09 Å². The number of carbonyl (C=O) groups is 1. The molecule has 1 heterocycles. The molecular formula is C14H20N4O4. The van der Waals surface area contributed by atoms with E-state index in [0.717, 1.165) is 13.0 Å². The first kappa shape index (κ1) is 16.0. The van der Waals surface area contributed by atoms with Gasteiger partial charge in [0.25, 0.3) is 5.69 Å². The zero-order valence-corrected chi connectivity index (χ0v) is 12.4. The van der Waals surface area contributed by atoms with Gasteiger partial charge in [-0.1, -0.05) is 6.42 Å². The predicted octanol–water partition coefficient (Wildman–Crippen LogP) is 2.58. The lowest BCUT2D eigenvalue weighted by atomic mass is 10.0. The quantitative estimate of drug-likeness (QED) is 0.570. The number of likely N-dealkylation sites (N-methyl/N-ethyl adjacent to an activating group) is 1. The summed E-state index contributed by atoms with van der Waals surface area (Å²) >= 11 is 0. The number of benzene rings is 1. The van der Waals surface area contributed by atoms with Crippen LogP contribution in [0, 0.1) is 10.1 Å². The number of likely N-dealkylation sites (tertiary alicyclic amines) is 1. The molecule has 0 aliphatic carbocycles. The summed E-state index contributed by atoms with van der Waals surface area (Å²) in [4.78, 5) is 23.5. The van der Waals surface area contributed by atoms with Crippen LogP contribution in [0.4, 0.5) is 21.9 Å². The number of amides is 1. The first-order chi connectivity index (χ1) is 10.5. The van der Waals surface area contributed by atoms with E-state index in [-0.39, 0.29) is 11.4 Å². The van der Waals surface area contributed by atoms with Gasteiger partial charge in [0.05, 0.1) is 10.6 Å². The van der Waals surface area contributed by atoms with Crippen LogP contribution in [0.3, 0.4) is 0 Å². The molecule has 8 heteroatoms. The van der Waals surface area contributed by atoms with Crippen LogP contribution in [0.1, 0.15) is 19.3 Å². The van der Waals surface area contributed by atoms with E-state index in [1.807, 2.05) is 0 Å². The second kappa shape index (κ2) is 7.08. The van der Waals surface area contributed by atoms with Gasteiger partial charge in [0.2, 0.25) is 0 Å². The van der Waals surface area contributed by atoms with Crippen LogP contribution in [-0.4, -0.2) is 47.2 Å². The molecule has 1 unspecified atom stereocenters. The zero-order chi connectivity index (χ0) is 16.1. The topological polar surface area (TPSA) is 108 Å². The van der Waals surface area contributed by atoms with Crippen molar-refractivity contribution in [2.45, 2.75) is 25.3 Å². The Morgan fingerprint density at radius 2 is 2.27 bits per heavy atom. The van der Waals surface area contributed by atoms with Crippen LogP contribution in [0.5, 0.6) is 0 Å². The summed E-state index contributed by atoms with van der Waals surface area (Å²) in [6, 6.07) is 4.62. The summed E-state index contributed by atoms with van der Waals surface area (Å²) in [6.45, 7) is 1.67. The van der Waals surface area contributed by atoms with E-state index in [4.69, 9.17) is 5.11 Å². The van der Waals surface area contributed by atoms with Crippen molar-refractivity contribution in [2.24, 2.45) is 0 Å². The Hall–Kier alpha value is -2.35. The number of nitrogens with zero attached hydrogens (tertiary/aromatic N) is 2. The third kappa shape index (κ3) is 4.08. The molecule has 1 saturated heterocycles.